The van der Waals surface area contributed by atoms with Crippen molar-refractivity contribution in [2.75, 3.05) is 0 Å². The Morgan fingerprint density at radius 1 is 0.750 bits per heavy atom. The van der Waals surface area contributed by atoms with Gasteiger partial charge in [-0.1, -0.05) is 12.1 Å². The molecule has 1 N–H and O–H groups in total. The molecule has 2 aliphatic rings. The summed E-state index contributed by atoms with van der Waals surface area (Å²) >= 11 is 0. The van der Waals surface area contributed by atoms with Gasteiger partial charge in [-0.2, -0.15) is 0 Å². The van der Waals surface area contributed by atoms with Crippen LogP contribution >= 0.6 is 0 Å². The zero-order valence-corrected chi connectivity index (χ0v) is 12.0. The summed E-state index contributed by atoms with van der Waals surface area (Å²) in [6.45, 7) is 0. The van der Waals surface area contributed by atoms with Gasteiger partial charge in [0.2, 0.25) is 6.29 Å². The standard InChI is InChI=1S/C18H8O6/c19-15-11-3-7-1-2-8-4-12-14(18(22)24-16(12)20)6-10(8)9(7)5-13(11)17(21)23-15/h1-6,15,19H. The number of esters is 3. The van der Waals surface area contributed by atoms with Crippen molar-refractivity contribution in [3.8, 4) is 0 Å². The van der Waals surface area contributed by atoms with Crippen LogP contribution in [0.3, 0.4) is 0 Å². The molecule has 0 aliphatic carbocycles. The summed E-state index contributed by atoms with van der Waals surface area (Å²) in [5, 5.41) is 12.8. The number of rotatable bonds is 0. The van der Waals surface area contributed by atoms with Gasteiger partial charge in [-0.3, -0.25) is 0 Å². The fourth-order valence-electron chi connectivity index (χ4n) is 3.31. The second-order valence-electron chi connectivity index (χ2n) is 5.78. The number of benzene rings is 3. The van der Waals surface area contributed by atoms with Gasteiger partial charge in [0.15, 0.2) is 0 Å². The number of carbonyl (C=O) groups excluding carboxylic acids is 3. The van der Waals surface area contributed by atoms with Crippen LogP contribution in [0.2, 0.25) is 0 Å². The van der Waals surface area contributed by atoms with Gasteiger partial charge in [0.1, 0.15) is 0 Å². The lowest BCUT2D eigenvalue weighted by atomic mass is 9.94. The summed E-state index contributed by atoms with van der Waals surface area (Å²) in [7, 11) is 0. The molecule has 0 saturated heterocycles. The SMILES string of the molecule is O=C1OC(=O)c2cc3c(ccc4cc5c(cc43)C(=O)OC5O)cc21. The van der Waals surface area contributed by atoms with Crippen molar-refractivity contribution in [2.45, 2.75) is 6.29 Å². The largest absolute Gasteiger partial charge is 0.428 e. The van der Waals surface area contributed by atoms with Crippen LogP contribution in [-0.2, 0) is 9.47 Å². The maximum atomic E-state index is 11.8. The minimum absolute atomic E-state index is 0.211. The van der Waals surface area contributed by atoms with E-state index in [4.69, 9.17) is 4.74 Å². The molecule has 1 unspecified atom stereocenters. The maximum Gasteiger partial charge on any atom is 0.346 e. The fraction of sp³-hybridized carbons (Fsp3) is 0.0556. The summed E-state index contributed by atoms with van der Waals surface area (Å²) in [4.78, 5) is 35.3. The summed E-state index contributed by atoms with van der Waals surface area (Å²) in [6.07, 6.45) is -1.26. The van der Waals surface area contributed by atoms with Crippen molar-refractivity contribution in [1.29, 1.82) is 0 Å². The van der Waals surface area contributed by atoms with Gasteiger partial charge in [-0.15, -0.1) is 0 Å². The van der Waals surface area contributed by atoms with E-state index in [1.807, 2.05) is 12.1 Å². The molecular weight excluding hydrogens is 312 g/mol. The van der Waals surface area contributed by atoms with Gasteiger partial charge in [0.25, 0.3) is 0 Å². The van der Waals surface area contributed by atoms with E-state index in [0.29, 0.717) is 11.1 Å². The van der Waals surface area contributed by atoms with Gasteiger partial charge >= 0.3 is 17.9 Å². The molecule has 2 aliphatic heterocycles. The molecule has 0 fully saturated rings. The molecule has 1 atom stereocenters. The van der Waals surface area contributed by atoms with Crippen molar-refractivity contribution < 1.29 is 29.0 Å². The first-order valence-corrected chi connectivity index (χ1v) is 7.23. The molecule has 116 valence electrons. The van der Waals surface area contributed by atoms with Crippen LogP contribution in [0.4, 0.5) is 0 Å². The van der Waals surface area contributed by atoms with E-state index >= 15 is 0 Å². The summed E-state index contributed by atoms with van der Waals surface area (Å²) in [5.41, 5.74) is 1.16. The van der Waals surface area contributed by atoms with Crippen LogP contribution in [-0.4, -0.2) is 23.0 Å². The molecule has 0 radical (unpaired) electrons. The highest BCUT2D eigenvalue weighted by Gasteiger charge is 2.32. The fourth-order valence-corrected chi connectivity index (χ4v) is 3.31. The molecule has 0 aromatic heterocycles. The first kappa shape index (κ1) is 13.2. The molecule has 3 aromatic rings. The molecule has 6 nitrogen and oxygen atoms in total. The number of ether oxygens (including phenoxy) is 2. The summed E-state index contributed by atoms with van der Waals surface area (Å²) < 4.78 is 9.45. The molecule has 3 aromatic carbocycles. The average Bonchev–Trinajstić information content (AvgIpc) is 3.00. The number of aliphatic hydroxyl groups is 1. The lowest BCUT2D eigenvalue weighted by Gasteiger charge is -2.07. The Labute approximate surface area is 134 Å². The third kappa shape index (κ3) is 1.55. The smallest absolute Gasteiger partial charge is 0.346 e. The number of aliphatic hydroxyl groups excluding tert-OH is 1. The van der Waals surface area contributed by atoms with Crippen LogP contribution in [0.25, 0.3) is 21.5 Å². The quantitative estimate of drug-likeness (QED) is 0.389. The Hall–Kier alpha value is -3.25. The topological polar surface area (TPSA) is 89.9 Å². The molecule has 0 saturated carbocycles. The first-order valence-electron chi connectivity index (χ1n) is 7.23. The molecule has 0 amide bonds. The second-order valence-corrected chi connectivity index (χ2v) is 5.78. The maximum absolute atomic E-state index is 11.8. The van der Waals surface area contributed by atoms with E-state index in [0.717, 1.165) is 21.5 Å². The predicted octanol–water partition coefficient (Wildman–Crippen LogP) is 2.46. The number of cyclic esters (lactones) is 3. The van der Waals surface area contributed by atoms with E-state index in [-0.39, 0.29) is 11.1 Å². The van der Waals surface area contributed by atoms with Crippen molar-refractivity contribution in [2.24, 2.45) is 0 Å². The molecule has 5 rings (SSSR count). The van der Waals surface area contributed by atoms with E-state index < -0.39 is 24.2 Å². The number of fused-ring (bicyclic) bond motifs is 5. The Morgan fingerprint density at radius 2 is 1.33 bits per heavy atom. The molecule has 2 heterocycles. The summed E-state index contributed by atoms with van der Waals surface area (Å²) in [5.74, 6) is -1.92. The van der Waals surface area contributed by atoms with Gasteiger partial charge in [0.05, 0.1) is 16.7 Å². The first-order chi connectivity index (χ1) is 11.5. The number of carbonyl (C=O) groups is 3. The minimum Gasteiger partial charge on any atom is -0.428 e. The zero-order valence-electron chi connectivity index (χ0n) is 12.0. The lowest BCUT2D eigenvalue weighted by Crippen LogP contribution is -1.96. The van der Waals surface area contributed by atoms with Gasteiger partial charge in [-0.05, 0) is 45.8 Å². The van der Waals surface area contributed by atoms with E-state index in [1.165, 1.54) is 0 Å². The third-order valence-electron chi connectivity index (χ3n) is 4.47. The highest BCUT2D eigenvalue weighted by Crippen LogP contribution is 2.36. The Bertz CT molecular complexity index is 1130. The number of hydrogen-bond donors (Lipinski definition) is 1. The molecule has 6 heteroatoms. The van der Waals surface area contributed by atoms with Crippen LogP contribution < -0.4 is 0 Å². The van der Waals surface area contributed by atoms with Crippen LogP contribution in [0.5, 0.6) is 0 Å². The van der Waals surface area contributed by atoms with Gasteiger partial charge in [-0.25, -0.2) is 14.4 Å². The highest BCUT2D eigenvalue weighted by atomic mass is 16.6. The molecular formula is C18H8O6. The molecule has 0 bridgehead atoms. The Morgan fingerprint density at radius 3 is 2.04 bits per heavy atom. The Balaban J connectivity index is 1.89. The van der Waals surface area contributed by atoms with Crippen LogP contribution in [0.1, 0.15) is 42.9 Å². The van der Waals surface area contributed by atoms with Crippen LogP contribution in [0.15, 0.2) is 36.4 Å². The van der Waals surface area contributed by atoms with Crippen molar-refractivity contribution in [1.82, 2.24) is 0 Å². The van der Waals surface area contributed by atoms with Crippen molar-refractivity contribution in [3.05, 3.63) is 58.7 Å². The zero-order chi connectivity index (χ0) is 16.6. The lowest BCUT2D eigenvalue weighted by molar-refractivity contribution is -0.0547. The highest BCUT2D eigenvalue weighted by molar-refractivity contribution is 6.20. The van der Waals surface area contributed by atoms with Crippen LogP contribution in [0, 0.1) is 0 Å². The Kier molecular flexibility index (Phi) is 2.30. The minimum atomic E-state index is -1.26. The van der Waals surface area contributed by atoms with E-state index in [9.17, 15) is 19.5 Å². The predicted molar refractivity (Wildman–Crippen MR) is 81.6 cm³/mol. The van der Waals surface area contributed by atoms with Crippen molar-refractivity contribution in [3.63, 3.8) is 0 Å². The third-order valence-corrected chi connectivity index (χ3v) is 4.47. The van der Waals surface area contributed by atoms with Crippen molar-refractivity contribution >= 4 is 39.5 Å². The molecule has 0 spiro atoms. The average molecular weight is 320 g/mol. The van der Waals surface area contributed by atoms with Gasteiger partial charge < -0.3 is 14.6 Å². The second kappa shape index (κ2) is 4.18. The normalized spacial score (nSPS) is 18.7. The van der Waals surface area contributed by atoms with E-state index in [2.05, 4.69) is 4.74 Å². The number of hydrogen-bond acceptors (Lipinski definition) is 6. The molecule has 24 heavy (non-hydrogen) atoms. The summed E-state index contributed by atoms with van der Waals surface area (Å²) in [6, 6.07) is 10.2. The van der Waals surface area contributed by atoms with Gasteiger partial charge in [0, 0.05) is 5.56 Å². The van der Waals surface area contributed by atoms with E-state index in [1.54, 1.807) is 24.3 Å². The monoisotopic (exact) mass is 320 g/mol.